The van der Waals surface area contributed by atoms with Crippen LogP contribution in [0.2, 0.25) is 0 Å². The summed E-state index contributed by atoms with van der Waals surface area (Å²) in [5.41, 5.74) is 2.61. The maximum absolute atomic E-state index is 12.9. The van der Waals surface area contributed by atoms with Gasteiger partial charge in [0.15, 0.2) is 0 Å². The molecule has 0 aliphatic carbocycles. The molecule has 1 aliphatic heterocycles. The molecule has 1 N–H and O–H groups in total. The van der Waals surface area contributed by atoms with Crippen molar-refractivity contribution in [2.45, 2.75) is 19.1 Å². The molecule has 1 unspecified atom stereocenters. The molecule has 4 nitrogen and oxygen atoms in total. The Labute approximate surface area is 158 Å². The lowest BCUT2D eigenvalue weighted by Crippen LogP contribution is -2.32. The van der Waals surface area contributed by atoms with Crippen molar-refractivity contribution in [3.63, 3.8) is 0 Å². The van der Waals surface area contributed by atoms with Gasteiger partial charge in [0.2, 0.25) is 0 Å². The second-order valence-corrected chi connectivity index (χ2v) is 6.47. The average Bonchev–Trinajstić information content (AvgIpc) is 2.73. The molecule has 0 aromatic heterocycles. The summed E-state index contributed by atoms with van der Waals surface area (Å²) >= 11 is 0. The van der Waals surface area contributed by atoms with E-state index in [1.165, 1.54) is 0 Å². The van der Waals surface area contributed by atoms with Gasteiger partial charge >= 0.3 is 0 Å². The number of benzene rings is 3. The van der Waals surface area contributed by atoms with Gasteiger partial charge in [-0.2, -0.15) is 0 Å². The third kappa shape index (κ3) is 3.95. The van der Waals surface area contributed by atoms with E-state index in [1.54, 1.807) is 6.07 Å². The molecule has 1 heterocycles. The lowest BCUT2D eigenvalue weighted by molar-refractivity contribution is 0.0920. The zero-order valence-electron chi connectivity index (χ0n) is 14.9. The van der Waals surface area contributed by atoms with E-state index in [0.717, 1.165) is 23.3 Å². The van der Waals surface area contributed by atoms with Gasteiger partial charge in [-0.25, -0.2) is 0 Å². The van der Waals surface area contributed by atoms with Gasteiger partial charge in [0, 0.05) is 12.0 Å². The number of amides is 1. The Bertz CT molecular complexity index is 924. The monoisotopic (exact) mass is 359 g/mol. The largest absolute Gasteiger partial charge is 0.493 e. The first kappa shape index (κ1) is 17.2. The number of rotatable bonds is 5. The Morgan fingerprint density at radius 3 is 2.59 bits per heavy atom. The predicted octanol–water partition coefficient (Wildman–Crippen LogP) is 4.52. The number of hydrogen-bond donors (Lipinski definition) is 1. The van der Waals surface area contributed by atoms with Crippen LogP contribution >= 0.6 is 0 Å². The molecular formula is C23H21NO3. The lowest BCUT2D eigenvalue weighted by Gasteiger charge is -2.26. The summed E-state index contributed by atoms with van der Waals surface area (Å²) in [5.74, 6) is 1.28. The van der Waals surface area contributed by atoms with E-state index in [1.807, 2.05) is 72.8 Å². The summed E-state index contributed by atoms with van der Waals surface area (Å²) in [7, 11) is 0. The predicted molar refractivity (Wildman–Crippen MR) is 104 cm³/mol. The molecule has 4 rings (SSSR count). The first-order valence-corrected chi connectivity index (χ1v) is 9.09. The van der Waals surface area contributed by atoms with Gasteiger partial charge in [0.05, 0.1) is 18.2 Å². The molecule has 1 atom stereocenters. The molecule has 0 saturated carbocycles. The number of para-hydroxylation sites is 2. The van der Waals surface area contributed by atoms with Crippen LogP contribution in [0.25, 0.3) is 0 Å². The summed E-state index contributed by atoms with van der Waals surface area (Å²) in [6, 6.07) is 25.0. The van der Waals surface area contributed by atoms with Crippen LogP contribution in [0.3, 0.4) is 0 Å². The quantitative estimate of drug-likeness (QED) is 0.729. The first-order chi connectivity index (χ1) is 13.3. The molecule has 4 heteroatoms. The molecule has 0 spiro atoms. The van der Waals surface area contributed by atoms with Crippen molar-refractivity contribution in [2.75, 3.05) is 6.61 Å². The third-order valence-electron chi connectivity index (χ3n) is 4.63. The number of hydrogen-bond acceptors (Lipinski definition) is 3. The number of carbonyl (C=O) groups is 1. The van der Waals surface area contributed by atoms with Gasteiger partial charge in [0.25, 0.3) is 5.91 Å². The maximum atomic E-state index is 12.9. The highest BCUT2D eigenvalue weighted by Crippen LogP contribution is 2.32. The minimum atomic E-state index is -0.139. The molecule has 136 valence electrons. The van der Waals surface area contributed by atoms with Crippen molar-refractivity contribution >= 4 is 5.91 Å². The second-order valence-electron chi connectivity index (χ2n) is 6.47. The van der Waals surface area contributed by atoms with Crippen LogP contribution in [-0.4, -0.2) is 12.5 Å². The molecule has 3 aromatic rings. The van der Waals surface area contributed by atoms with Gasteiger partial charge < -0.3 is 14.8 Å². The smallest absolute Gasteiger partial charge is 0.255 e. The molecule has 1 aliphatic rings. The van der Waals surface area contributed by atoms with E-state index < -0.39 is 0 Å². The van der Waals surface area contributed by atoms with Crippen LogP contribution in [-0.2, 0) is 6.61 Å². The van der Waals surface area contributed by atoms with Crippen LogP contribution in [0, 0.1) is 0 Å². The molecule has 27 heavy (non-hydrogen) atoms. The summed E-state index contributed by atoms with van der Waals surface area (Å²) in [6.07, 6.45) is 0.746. The highest BCUT2D eigenvalue weighted by atomic mass is 16.5. The number of nitrogens with one attached hydrogen (secondary N) is 1. The normalized spacial score (nSPS) is 15.3. The summed E-state index contributed by atoms with van der Waals surface area (Å²) in [6.45, 7) is 1.01. The second kappa shape index (κ2) is 7.96. The molecule has 0 saturated heterocycles. The van der Waals surface area contributed by atoms with Crippen molar-refractivity contribution in [1.82, 2.24) is 5.32 Å². The van der Waals surface area contributed by atoms with E-state index in [2.05, 4.69) is 5.32 Å². The average molecular weight is 359 g/mol. The topological polar surface area (TPSA) is 47.6 Å². The van der Waals surface area contributed by atoms with Gasteiger partial charge in [-0.05, 0) is 23.8 Å². The van der Waals surface area contributed by atoms with Crippen LogP contribution < -0.4 is 14.8 Å². The number of carbonyl (C=O) groups excluding carboxylic acids is 1. The van der Waals surface area contributed by atoms with Gasteiger partial charge in [-0.1, -0.05) is 60.7 Å². The van der Waals surface area contributed by atoms with E-state index in [9.17, 15) is 4.79 Å². The summed E-state index contributed by atoms with van der Waals surface area (Å²) in [5, 5.41) is 3.13. The van der Waals surface area contributed by atoms with E-state index in [-0.39, 0.29) is 11.9 Å². The zero-order valence-corrected chi connectivity index (χ0v) is 14.9. The van der Waals surface area contributed by atoms with E-state index in [0.29, 0.717) is 24.5 Å². The Morgan fingerprint density at radius 1 is 0.963 bits per heavy atom. The van der Waals surface area contributed by atoms with E-state index >= 15 is 0 Å². The molecule has 1 amide bonds. The lowest BCUT2D eigenvalue weighted by atomic mass is 10.00. The highest BCUT2D eigenvalue weighted by molar-refractivity contribution is 5.97. The first-order valence-electron chi connectivity index (χ1n) is 9.09. The molecule has 0 radical (unpaired) electrons. The van der Waals surface area contributed by atoms with Gasteiger partial charge in [-0.3, -0.25) is 4.79 Å². The van der Waals surface area contributed by atoms with Crippen molar-refractivity contribution in [3.8, 4) is 11.5 Å². The fourth-order valence-electron chi connectivity index (χ4n) is 3.24. The maximum Gasteiger partial charge on any atom is 0.255 e. The van der Waals surface area contributed by atoms with Gasteiger partial charge in [0.1, 0.15) is 18.1 Å². The molecule has 3 aromatic carbocycles. The SMILES string of the molecule is O=C(NC1CCOc2ccccc21)c1ccccc1OCc1ccccc1. The van der Waals surface area contributed by atoms with Crippen molar-refractivity contribution in [3.05, 3.63) is 95.6 Å². The van der Waals surface area contributed by atoms with Crippen molar-refractivity contribution in [2.24, 2.45) is 0 Å². The Balaban J connectivity index is 1.50. The van der Waals surface area contributed by atoms with Crippen molar-refractivity contribution in [1.29, 1.82) is 0 Å². The number of ether oxygens (including phenoxy) is 2. The molecule has 0 bridgehead atoms. The molecular weight excluding hydrogens is 338 g/mol. The fraction of sp³-hybridized carbons (Fsp3) is 0.174. The Kier molecular flexibility index (Phi) is 5.06. The minimum absolute atomic E-state index is 0.0652. The van der Waals surface area contributed by atoms with Gasteiger partial charge in [-0.15, -0.1) is 0 Å². The number of fused-ring (bicyclic) bond motifs is 1. The van der Waals surface area contributed by atoms with Crippen LogP contribution in [0.4, 0.5) is 0 Å². The fourth-order valence-corrected chi connectivity index (χ4v) is 3.24. The van der Waals surface area contributed by atoms with Crippen LogP contribution in [0.15, 0.2) is 78.9 Å². The van der Waals surface area contributed by atoms with Crippen molar-refractivity contribution < 1.29 is 14.3 Å². The van der Waals surface area contributed by atoms with Crippen LogP contribution in [0.5, 0.6) is 11.5 Å². The Hall–Kier alpha value is -3.27. The highest BCUT2D eigenvalue weighted by Gasteiger charge is 2.24. The Morgan fingerprint density at radius 2 is 1.70 bits per heavy atom. The molecule has 0 fully saturated rings. The minimum Gasteiger partial charge on any atom is -0.493 e. The zero-order chi connectivity index (χ0) is 18.5. The van der Waals surface area contributed by atoms with Crippen LogP contribution in [0.1, 0.15) is 33.9 Å². The summed E-state index contributed by atoms with van der Waals surface area (Å²) < 4.78 is 11.6. The van der Waals surface area contributed by atoms with E-state index in [4.69, 9.17) is 9.47 Å². The third-order valence-corrected chi connectivity index (χ3v) is 4.63. The standard InChI is InChI=1S/C23H21NO3/c25-23(24-20-14-15-26-21-12-6-4-10-18(20)21)19-11-5-7-13-22(19)27-16-17-8-2-1-3-9-17/h1-13,20H,14-16H2,(H,24,25). The summed E-state index contributed by atoms with van der Waals surface area (Å²) in [4.78, 5) is 12.9.